The van der Waals surface area contributed by atoms with Crippen molar-refractivity contribution in [2.24, 2.45) is 5.10 Å². The molecule has 11 nitrogen and oxygen atoms in total. The molecule has 2 rings (SSSR count). The number of phenolic OH excluding ortho intramolecular Hbond substituents is 1. The van der Waals surface area contributed by atoms with E-state index >= 15 is 0 Å². The topological polar surface area (TPSA) is 157 Å². The highest BCUT2D eigenvalue weighted by Crippen LogP contribution is 2.33. The Kier molecular flexibility index (Phi) is 6.03. The van der Waals surface area contributed by atoms with Crippen LogP contribution in [-0.2, 0) is 0 Å². The first kappa shape index (κ1) is 19.8. The Hall–Kier alpha value is -3.54. The average Bonchev–Trinajstić information content (AvgIpc) is 2.62. The summed E-state index contributed by atoms with van der Waals surface area (Å²) in [6.45, 7) is 0. The standard InChI is InChI=1S/C15H11BrN4O7/c1-27-10-2-3-12(16)11(6-10)15(22)18-17-7-8-4-9(19(23)24)5-13(14(8)21)20(25)26/h2-7,21H,1H3,(H,18,22)/b17-7+. The Morgan fingerprint density at radius 1 is 1.26 bits per heavy atom. The molecule has 140 valence electrons. The van der Waals surface area contributed by atoms with Gasteiger partial charge in [-0.3, -0.25) is 25.0 Å². The molecule has 0 radical (unpaired) electrons. The van der Waals surface area contributed by atoms with Gasteiger partial charge in [0.05, 0.1) is 40.4 Å². The van der Waals surface area contributed by atoms with E-state index in [9.17, 15) is 30.1 Å². The fourth-order valence-corrected chi connectivity index (χ4v) is 2.42. The SMILES string of the molecule is COc1ccc(Br)c(C(=O)N/N=C/c2cc([N+](=O)[O-])cc([N+](=O)[O-])c2O)c1. The lowest BCUT2D eigenvalue weighted by Gasteiger charge is -2.06. The number of nitrogens with zero attached hydrogens (tertiary/aromatic N) is 3. The number of hydrogen-bond acceptors (Lipinski definition) is 8. The van der Waals surface area contributed by atoms with Gasteiger partial charge in [0.1, 0.15) is 5.75 Å². The number of nitrogens with one attached hydrogen (secondary N) is 1. The summed E-state index contributed by atoms with van der Waals surface area (Å²) in [6.07, 6.45) is 0.862. The van der Waals surface area contributed by atoms with Crippen molar-refractivity contribution < 1.29 is 24.5 Å². The van der Waals surface area contributed by atoms with Crippen molar-refractivity contribution in [2.45, 2.75) is 0 Å². The van der Waals surface area contributed by atoms with E-state index < -0.39 is 32.9 Å². The van der Waals surface area contributed by atoms with Crippen LogP contribution in [0.3, 0.4) is 0 Å². The molecule has 0 bridgehead atoms. The van der Waals surface area contributed by atoms with Crippen LogP contribution in [0.4, 0.5) is 11.4 Å². The van der Waals surface area contributed by atoms with Crippen LogP contribution in [0.2, 0.25) is 0 Å². The molecule has 0 unspecified atom stereocenters. The highest BCUT2D eigenvalue weighted by atomic mass is 79.9. The van der Waals surface area contributed by atoms with Crippen LogP contribution in [0, 0.1) is 20.2 Å². The lowest BCUT2D eigenvalue weighted by Crippen LogP contribution is -2.18. The van der Waals surface area contributed by atoms with Crippen molar-refractivity contribution in [3.05, 3.63) is 66.2 Å². The van der Waals surface area contributed by atoms with Crippen molar-refractivity contribution in [2.75, 3.05) is 7.11 Å². The molecule has 0 saturated carbocycles. The smallest absolute Gasteiger partial charge is 0.318 e. The quantitative estimate of drug-likeness (QED) is 0.398. The predicted octanol–water partition coefficient (Wildman–Crippen LogP) is 2.74. The first-order chi connectivity index (χ1) is 12.7. The Morgan fingerprint density at radius 2 is 1.96 bits per heavy atom. The lowest BCUT2D eigenvalue weighted by molar-refractivity contribution is -0.394. The molecule has 1 amide bonds. The number of non-ortho nitro benzene ring substituents is 1. The zero-order chi connectivity index (χ0) is 20.1. The normalized spacial score (nSPS) is 10.6. The Bertz CT molecular complexity index is 961. The Morgan fingerprint density at radius 3 is 2.56 bits per heavy atom. The fourth-order valence-electron chi connectivity index (χ4n) is 1.99. The number of nitro benzene ring substituents is 2. The maximum absolute atomic E-state index is 12.2. The zero-order valence-corrected chi connectivity index (χ0v) is 15.2. The van der Waals surface area contributed by atoms with E-state index in [0.717, 1.165) is 12.3 Å². The van der Waals surface area contributed by atoms with E-state index in [0.29, 0.717) is 16.3 Å². The molecule has 0 aromatic heterocycles. The van der Waals surface area contributed by atoms with Crippen LogP contribution in [0.1, 0.15) is 15.9 Å². The van der Waals surface area contributed by atoms with Crippen LogP contribution in [0.25, 0.3) is 0 Å². The minimum atomic E-state index is -0.967. The first-order valence-corrected chi connectivity index (χ1v) is 7.86. The highest BCUT2D eigenvalue weighted by Gasteiger charge is 2.23. The van der Waals surface area contributed by atoms with Gasteiger partial charge in [-0.05, 0) is 34.1 Å². The summed E-state index contributed by atoms with van der Waals surface area (Å²) < 4.78 is 5.48. The van der Waals surface area contributed by atoms with Gasteiger partial charge in [0, 0.05) is 10.5 Å². The lowest BCUT2D eigenvalue weighted by atomic mass is 10.1. The van der Waals surface area contributed by atoms with Gasteiger partial charge in [-0.2, -0.15) is 5.10 Å². The second kappa shape index (κ2) is 8.23. The second-order valence-electron chi connectivity index (χ2n) is 4.96. The van der Waals surface area contributed by atoms with Gasteiger partial charge in [0.25, 0.3) is 11.6 Å². The third-order valence-corrected chi connectivity index (χ3v) is 3.99. The maximum Gasteiger partial charge on any atom is 0.318 e. The number of hydrogen-bond donors (Lipinski definition) is 2. The number of aromatic hydroxyl groups is 1. The maximum atomic E-state index is 12.2. The zero-order valence-electron chi connectivity index (χ0n) is 13.6. The van der Waals surface area contributed by atoms with Crippen LogP contribution < -0.4 is 10.2 Å². The van der Waals surface area contributed by atoms with Crippen molar-refractivity contribution in [3.8, 4) is 11.5 Å². The molecule has 0 aliphatic carbocycles. The number of carbonyl (C=O) groups is 1. The van der Waals surface area contributed by atoms with Gasteiger partial charge < -0.3 is 9.84 Å². The molecule has 2 aromatic carbocycles. The van der Waals surface area contributed by atoms with E-state index in [1.807, 2.05) is 0 Å². The third-order valence-electron chi connectivity index (χ3n) is 3.30. The molecule has 0 aliphatic heterocycles. The van der Waals surface area contributed by atoms with Gasteiger partial charge in [-0.25, -0.2) is 5.43 Å². The fraction of sp³-hybridized carbons (Fsp3) is 0.0667. The number of amides is 1. The van der Waals surface area contributed by atoms with Crippen molar-refractivity contribution in [1.82, 2.24) is 5.43 Å². The van der Waals surface area contributed by atoms with Crippen LogP contribution in [0.5, 0.6) is 11.5 Å². The number of phenols is 1. The summed E-state index contributed by atoms with van der Waals surface area (Å²) in [5.74, 6) is -1.03. The molecule has 0 fully saturated rings. The van der Waals surface area contributed by atoms with E-state index in [-0.39, 0.29) is 11.1 Å². The van der Waals surface area contributed by atoms with Gasteiger partial charge >= 0.3 is 5.69 Å². The summed E-state index contributed by atoms with van der Waals surface area (Å²) in [5.41, 5.74) is 0.586. The molecule has 0 atom stereocenters. The largest absolute Gasteiger partial charge is 0.502 e. The molecule has 0 spiro atoms. The number of benzene rings is 2. The average molecular weight is 439 g/mol. The number of ether oxygens (including phenoxy) is 1. The summed E-state index contributed by atoms with van der Waals surface area (Å²) in [5, 5.41) is 35.2. The number of carbonyl (C=O) groups excluding carboxylic acids is 1. The van der Waals surface area contributed by atoms with E-state index in [2.05, 4.69) is 26.5 Å². The monoisotopic (exact) mass is 438 g/mol. The van der Waals surface area contributed by atoms with E-state index in [1.165, 1.54) is 13.2 Å². The molecular formula is C15H11BrN4O7. The van der Waals surface area contributed by atoms with Crippen LogP contribution >= 0.6 is 15.9 Å². The number of halogens is 1. The first-order valence-electron chi connectivity index (χ1n) is 7.07. The van der Waals surface area contributed by atoms with Gasteiger partial charge in [0.2, 0.25) is 5.75 Å². The van der Waals surface area contributed by atoms with Gasteiger partial charge in [-0.15, -0.1) is 0 Å². The molecular weight excluding hydrogens is 428 g/mol. The van der Waals surface area contributed by atoms with Crippen molar-refractivity contribution in [3.63, 3.8) is 0 Å². The van der Waals surface area contributed by atoms with E-state index in [4.69, 9.17) is 4.74 Å². The van der Waals surface area contributed by atoms with Crippen LogP contribution in [0.15, 0.2) is 39.9 Å². The Balaban J connectivity index is 2.29. The summed E-state index contributed by atoms with van der Waals surface area (Å²) in [4.78, 5) is 32.1. The number of hydrazone groups is 1. The second-order valence-corrected chi connectivity index (χ2v) is 5.82. The molecule has 0 aliphatic rings. The molecule has 0 saturated heterocycles. The van der Waals surface area contributed by atoms with Crippen molar-refractivity contribution in [1.29, 1.82) is 0 Å². The number of rotatable bonds is 6. The molecule has 0 heterocycles. The predicted molar refractivity (Wildman–Crippen MR) is 97.2 cm³/mol. The molecule has 2 N–H and O–H groups in total. The molecule has 2 aromatic rings. The van der Waals surface area contributed by atoms with Crippen LogP contribution in [-0.4, -0.2) is 34.2 Å². The van der Waals surface area contributed by atoms with Gasteiger partial charge in [-0.1, -0.05) is 0 Å². The molecule has 27 heavy (non-hydrogen) atoms. The minimum Gasteiger partial charge on any atom is -0.502 e. The van der Waals surface area contributed by atoms with Crippen molar-refractivity contribution >= 4 is 39.4 Å². The summed E-state index contributed by atoms with van der Waals surface area (Å²) in [7, 11) is 1.43. The number of methoxy groups -OCH3 is 1. The number of nitro groups is 2. The van der Waals surface area contributed by atoms with Gasteiger partial charge in [0.15, 0.2) is 0 Å². The highest BCUT2D eigenvalue weighted by molar-refractivity contribution is 9.10. The Labute approximate surface area is 159 Å². The molecule has 12 heteroatoms. The van der Waals surface area contributed by atoms with E-state index in [1.54, 1.807) is 12.1 Å². The summed E-state index contributed by atoms with van der Waals surface area (Å²) in [6, 6.07) is 6.18. The third kappa shape index (κ3) is 4.55. The summed E-state index contributed by atoms with van der Waals surface area (Å²) >= 11 is 3.20. The minimum absolute atomic E-state index is 0.195.